The lowest BCUT2D eigenvalue weighted by Gasteiger charge is -2.39. The van der Waals surface area contributed by atoms with Gasteiger partial charge in [0.15, 0.2) is 0 Å². The van der Waals surface area contributed by atoms with Crippen molar-refractivity contribution in [2.45, 2.75) is 77.8 Å². The van der Waals surface area contributed by atoms with Gasteiger partial charge in [-0.05, 0) is 70.2 Å². The highest BCUT2D eigenvalue weighted by atomic mass is 32.1. The fourth-order valence-corrected chi connectivity index (χ4v) is 7.76. The lowest BCUT2D eigenvalue weighted by Crippen LogP contribution is -2.40. The quantitative estimate of drug-likeness (QED) is 0.306. The predicted octanol–water partition coefficient (Wildman–Crippen LogP) is 6.16. The first-order valence-corrected chi connectivity index (χ1v) is 14.8. The van der Waals surface area contributed by atoms with Gasteiger partial charge in [-0.2, -0.15) is 0 Å². The number of nitrogens with zero attached hydrogens (tertiary/aromatic N) is 5. The molecule has 39 heavy (non-hydrogen) atoms. The molecule has 4 aromatic rings. The zero-order chi connectivity index (χ0) is 26.7. The number of imidazole rings is 1. The second-order valence-corrected chi connectivity index (χ2v) is 12.2. The number of carbonyl (C=O) groups excluding carboxylic acids is 1. The molecule has 1 amide bonds. The highest BCUT2D eigenvalue weighted by molar-refractivity contribution is 7.11. The Hall–Kier alpha value is -3.30. The minimum atomic E-state index is -0.0879. The molecule has 1 aromatic carbocycles. The summed E-state index contributed by atoms with van der Waals surface area (Å²) < 4.78 is 13.5. The molecule has 8 nitrogen and oxygen atoms in total. The minimum Gasteiger partial charge on any atom is -0.377 e. The SMILES string of the molecule is Cc1nc2c(s1)CC(n1c(C3CCCC(=O)N3C3=CCOCC3)nc3cc(-c4c(C)noc4C)ccc31)CC2. The Balaban J connectivity index is 1.39. The van der Waals surface area contributed by atoms with Gasteiger partial charge in [-0.15, -0.1) is 11.3 Å². The average molecular weight is 544 g/mol. The molecule has 2 atom stereocenters. The van der Waals surface area contributed by atoms with E-state index in [9.17, 15) is 4.79 Å². The summed E-state index contributed by atoms with van der Waals surface area (Å²) in [6, 6.07) is 6.70. The van der Waals surface area contributed by atoms with Crippen LogP contribution >= 0.6 is 11.3 Å². The van der Waals surface area contributed by atoms with Gasteiger partial charge in [-0.1, -0.05) is 11.2 Å². The van der Waals surface area contributed by atoms with E-state index in [-0.39, 0.29) is 18.0 Å². The van der Waals surface area contributed by atoms with Crippen LogP contribution in [0.3, 0.4) is 0 Å². The second kappa shape index (κ2) is 9.71. The normalized spacial score (nSPS) is 21.9. The van der Waals surface area contributed by atoms with E-state index in [1.54, 1.807) is 0 Å². The fourth-order valence-electron chi connectivity index (χ4n) is 6.70. The Kier molecular flexibility index (Phi) is 6.16. The molecule has 0 bridgehead atoms. The number of carbonyl (C=O) groups is 1. The molecular weight excluding hydrogens is 510 g/mol. The number of rotatable bonds is 4. The molecule has 1 saturated heterocycles. The Morgan fingerprint density at radius 3 is 2.77 bits per heavy atom. The molecule has 5 heterocycles. The maximum absolute atomic E-state index is 13.4. The molecule has 0 N–H and O–H groups in total. The zero-order valence-electron chi connectivity index (χ0n) is 22.7. The summed E-state index contributed by atoms with van der Waals surface area (Å²) >= 11 is 1.82. The van der Waals surface area contributed by atoms with E-state index in [0.717, 1.165) is 88.7 Å². The molecule has 0 spiro atoms. The average Bonchev–Trinajstić information content (AvgIpc) is 3.61. The fraction of sp³-hybridized carbons (Fsp3) is 0.467. The van der Waals surface area contributed by atoms with Crippen LogP contribution in [0, 0.1) is 20.8 Å². The van der Waals surface area contributed by atoms with Crippen molar-refractivity contribution < 1.29 is 14.1 Å². The number of fused-ring (bicyclic) bond motifs is 2. The van der Waals surface area contributed by atoms with E-state index in [4.69, 9.17) is 19.2 Å². The van der Waals surface area contributed by atoms with Gasteiger partial charge < -0.3 is 18.7 Å². The van der Waals surface area contributed by atoms with Crippen molar-refractivity contribution in [3.05, 3.63) is 62.8 Å². The van der Waals surface area contributed by atoms with Crippen molar-refractivity contribution in [1.82, 2.24) is 24.6 Å². The van der Waals surface area contributed by atoms with Gasteiger partial charge in [0.1, 0.15) is 11.6 Å². The van der Waals surface area contributed by atoms with Crippen LogP contribution in [0.4, 0.5) is 0 Å². The maximum atomic E-state index is 13.4. The molecule has 9 heteroatoms. The maximum Gasteiger partial charge on any atom is 0.227 e. The molecule has 202 valence electrons. The first kappa shape index (κ1) is 24.7. The van der Waals surface area contributed by atoms with Crippen molar-refractivity contribution in [3.63, 3.8) is 0 Å². The van der Waals surface area contributed by atoms with Gasteiger partial charge in [0.05, 0.1) is 46.7 Å². The van der Waals surface area contributed by atoms with Crippen LogP contribution in [0.25, 0.3) is 22.2 Å². The highest BCUT2D eigenvalue weighted by Gasteiger charge is 2.37. The number of hydrogen-bond acceptors (Lipinski definition) is 7. The third kappa shape index (κ3) is 4.23. The number of piperidine rings is 1. The third-order valence-electron chi connectivity index (χ3n) is 8.42. The molecule has 1 fully saturated rings. The first-order chi connectivity index (χ1) is 19.0. The zero-order valence-corrected chi connectivity index (χ0v) is 23.5. The van der Waals surface area contributed by atoms with E-state index in [1.807, 2.05) is 30.1 Å². The van der Waals surface area contributed by atoms with Gasteiger partial charge in [0.2, 0.25) is 5.91 Å². The summed E-state index contributed by atoms with van der Waals surface area (Å²) in [5.74, 6) is 2.00. The van der Waals surface area contributed by atoms with E-state index >= 15 is 0 Å². The first-order valence-electron chi connectivity index (χ1n) is 14.0. The van der Waals surface area contributed by atoms with E-state index in [2.05, 4.69) is 40.9 Å². The van der Waals surface area contributed by atoms with Crippen molar-refractivity contribution in [1.29, 1.82) is 0 Å². The summed E-state index contributed by atoms with van der Waals surface area (Å²) in [5.41, 5.74) is 7.36. The topological polar surface area (TPSA) is 86.3 Å². The van der Waals surface area contributed by atoms with Gasteiger partial charge in [-0.3, -0.25) is 4.79 Å². The predicted molar refractivity (Wildman–Crippen MR) is 150 cm³/mol. The van der Waals surface area contributed by atoms with E-state index < -0.39 is 0 Å². The second-order valence-electron chi connectivity index (χ2n) is 10.9. The standard InChI is InChI=1S/C30H33N5O3S/c1-17-29(18(2)38-33-17)20-7-10-25-24(15-20)32-30(35(25)22-8-9-23-27(16-22)39-19(3)31-23)26-5-4-6-28(36)34(26)21-11-13-37-14-12-21/h7,10-11,15,22,26H,4-6,8-9,12-14,16H2,1-3H3. The molecule has 2 unspecified atom stereocenters. The van der Waals surface area contributed by atoms with Crippen molar-refractivity contribution in [2.24, 2.45) is 0 Å². The van der Waals surface area contributed by atoms with Crippen LogP contribution in [0.5, 0.6) is 0 Å². The number of amides is 1. The molecule has 7 rings (SSSR count). The van der Waals surface area contributed by atoms with Gasteiger partial charge >= 0.3 is 0 Å². The number of aryl methyl sites for hydroxylation is 4. The van der Waals surface area contributed by atoms with Gasteiger partial charge in [0.25, 0.3) is 0 Å². The number of hydrogen-bond donors (Lipinski definition) is 0. The Labute approximate surface area is 231 Å². The Bertz CT molecular complexity index is 1590. The number of ether oxygens (including phenoxy) is 1. The number of aromatic nitrogens is 4. The smallest absolute Gasteiger partial charge is 0.227 e. The summed E-state index contributed by atoms with van der Waals surface area (Å²) in [6.07, 6.45) is 8.12. The van der Waals surface area contributed by atoms with Gasteiger partial charge in [0, 0.05) is 41.4 Å². The van der Waals surface area contributed by atoms with E-state index in [1.165, 1.54) is 10.6 Å². The highest BCUT2D eigenvalue weighted by Crippen LogP contribution is 2.42. The lowest BCUT2D eigenvalue weighted by atomic mass is 9.95. The van der Waals surface area contributed by atoms with E-state index in [0.29, 0.717) is 19.6 Å². The van der Waals surface area contributed by atoms with Crippen molar-refractivity contribution >= 4 is 28.3 Å². The molecule has 1 aliphatic carbocycles. The van der Waals surface area contributed by atoms with Crippen LogP contribution in [0.15, 0.2) is 34.5 Å². The summed E-state index contributed by atoms with van der Waals surface area (Å²) in [5, 5.41) is 5.30. The lowest BCUT2D eigenvalue weighted by molar-refractivity contribution is -0.134. The molecule has 2 aliphatic heterocycles. The molecule has 0 radical (unpaired) electrons. The largest absolute Gasteiger partial charge is 0.377 e. The minimum absolute atomic E-state index is 0.0879. The molecule has 3 aromatic heterocycles. The van der Waals surface area contributed by atoms with Crippen LogP contribution in [0.2, 0.25) is 0 Å². The molecule has 0 saturated carbocycles. The van der Waals surface area contributed by atoms with Crippen LogP contribution in [0.1, 0.15) is 77.0 Å². The van der Waals surface area contributed by atoms with Crippen LogP contribution in [-0.4, -0.2) is 43.7 Å². The third-order valence-corrected chi connectivity index (χ3v) is 9.46. The number of thiazole rings is 1. The van der Waals surface area contributed by atoms with Gasteiger partial charge in [-0.25, -0.2) is 9.97 Å². The van der Waals surface area contributed by atoms with Crippen LogP contribution in [-0.2, 0) is 22.4 Å². The van der Waals surface area contributed by atoms with Crippen molar-refractivity contribution in [2.75, 3.05) is 13.2 Å². The summed E-state index contributed by atoms with van der Waals surface area (Å²) in [6.45, 7) is 7.23. The molecule has 3 aliphatic rings. The number of benzene rings is 1. The number of likely N-dealkylation sites (tertiary alicyclic amines) is 1. The van der Waals surface area contributed by atoms with Crippen molar-refractivity contribution in [3.8, 4) is 11.1 Å². The molecular formula is C30H33N5O3S. The van der Waals surface area contributed by atoms with Crippen LogP contribution < -0.4 is 0 Å². The Morgan fingerprint density at radius 2 is 1.97 bits per heavy atom. The summed E-state index contributed by atoms with van der Waals surface area (Å²) in [7, 11) is 0. The summed E-state index contributed by atoms with van der Waals surface area (Å²) in [4.78, 5) is 27.0. The Morgan fingerprint density at radius 1 is 1.08 bits per heavy atom. The monoisotopic (exact) mass is 543 g/mol.